The van der Waals surface area contributed by atoms with Crippen LogP contribution in [0.5, 0.6) is 0 Å². The first-order chi connectivity index (χ1) is 15.7. The largest absolute Gasteiger partial charge is 0.397 e. The van der Waals surface area contributed by atoms with Gasteiger partial charge in [-0.3, -0.25) is 14.7 Å². The molecule has 7 heteroatoms. The summed E-state index contributed by atoms with van der Waals surface area (Å²) in [6.45, 7) is 2.71. The Balaban J connectivity index is 0.00000141. The molecule has 0 bridgehead atoms. The fourth-order valence-corrected chi connectivity index (χ4v) is 3.97. The highest BCUT2D eigenvalue weighted by molar-refractivity contribution is 5.94. The molecule has 32 heavy (non-hydrogen) atoms. The maximum atomic E-state index is 12.8. The molecule has 2 heterocycles. The number of piperazine rings is 1. The highest BCUT2D eigenvalue weighted by Crippen LogP contribution is 2.30. The van der Waals surface area contributed by atoms with Crippen LogP contribution in [-0.2, 0) is 0 Å². The van der Waals surface area contributed by atoms with Crippen LogP contribution in [0.25, 0.3) is 0 Å². The van der Waals surface area contributed by atoms with Gasteiger partial charge in [-0.15, -0.1) is 0 Å². The number of nitrogens with zero attached hydrogens (tertiary/aromatic N) is 4. The zero-order chi connectivity index (χ0) is 22.9. The van der Waals surface area contributed by atoms with Gasteiger partial charge in [0.15, 0.2) is 0 Å². The Kier molecular flexibility index (Phi) is 7.92. The Morgan fingerprint density at radius 3 is 2.31 bits per heavy atom. The summed E-state index contributed by atoms with van der Waals surface area (Å²) in [5, 5.41) is 9.33. The Bertz CT molecular complexity index is 1070. The zero-order valence-corrected chi connectivity index (χ0v) is 18.2. The van der Waals surface area contributed by atoms with Gasteiger partial charge in [0, 0.05) is 38.6 Å². The molecule has 1 fully saturated rings. The number of carbonyl (C=O) groups excluding carboxylic acids is 1. The fraction of sp³-hybridized carbons (Fsp3) is 0.240. The summed E-state index contributed by atoms with van der Waals surface area (Å²) in [4.78, 5) is 21.1. The number of anilines is 1. The molecule has 0 spiro atoms. The third-order valence-corrected chi connectivity index (χ3v) is 5.42. The number of carbonyl (C=O) groups is 1. The van der Waals surface area contributed by atoms with E-state index in [-0.39, 0.29) is 11.9 Å². The minimum atomic E-state index is -0.0443. The third kappa shape index (κ3) is 5.30. The molecular formula is C25H28N6O. The number of rotatable bonds is 4. The second-order valence-corrected chi connectivity index (χ2v) is 7.39. The van der Waals surface area contributed by atoms with E-state index < -0.39 is 0 Å². The number of hydrogen-bond acceptors (Lipinski definition) is 6. The summed E-state index contributed by atoms with van der Waals surface area (Å²) < 4.78 is 0. The van der Waals surface area contributed by atoms with E-state index in [0.717, 1.165) is 18.7 Å². The molecule has 1 aliphatic rings. The lowest BCUT2D eigenvalue weighted by Gasteiger charge is -2.39. The van der Waals surface area contributed by atoms with Gasteiger partial charge >= 0.3 is 0 Å². The molecule has 2 aromatic carbocycles. The van der Waals surface area contributed by atoms with Crippen LogP contribution in [0.3, 0.4) is 0 Å². The number of benzene rings is 2. The standard InChI is InChI=1S/C24H23N5O.CH5N/c25-15-18-5-4-8-20(13-18)23(19-6-2-1-3-7-19)28-9-11-29(12-10-28)24(30)21-14-22(26)17-27-16-21;1-2/h1-8,13-14,16-17,23H,9-12,26H2;2H2,1H3. The SMILES string of the molecule is CN.N#Cc1cccc(C(c2ccccc2)N2CCN(C(=O)c3cncc(N)c3)CC2)c1. The van der Waals surface area contributed by atoms with E-state index in [4.69, 9.17) is 5.73 Å². The van der Waals surface area contributed by atoms with Gasteiger partial charge in [-0.1, -0.05) is 42.5 Å². The van der Waals surface area contributed by atoms with Gasteiger partial charge in [-0.05, 0) is 36.4 Å². The molecule has 1 aromatic heterocycles. The molecule has 0 aliphatic carbocycles. The fourth-order valence-electron chi connectivity index (χ4n) is 3.97. The topological polar surface area (TPSA) is 112 Å². The molecule has 1 unspecified atom stereocenters. The Morgan fingerprint density at radius 1 is 0.969 bits per heavy atom. The number of pyridine rings is 1. The van der Waals surface area contributed by atoms with Crippen LogP contribution < -0.4 is 11.5 Å². The lowest BCUT2D eigenvalue weighted by molar-refractivity contribution is 0.0597. The summed E-state index contributed by atoms with van der Waals surface area (Å²) in [7, 11) is 1.50. The highest BCUT2D eigenvalue weighted by Gasteiger charge is 2.28. The van der Waals surface area contributed by atoms with Gasteiger partial charge in [0.25, 0.3) is 5.91 Å². The lowest BCUT2D eigenvalue weighted by Crippen LogP contribution is -2.49. The number of nitrogen functional groups attached to an aromatic ring is 1. The second-order valence-electron chi connectivity index (χ2n) is 7.39. The lowest BCUT2D eigenvalue weighted by atomic mass is 9.95. The minimum Gasteiger partial charge on any atom is -0.397 e. The summed E-state index contributed by atoms with van der Waals surface area (Å²) in [5.74, 6) is -0.0443. The van der Waals surface area contributed by atoms with E-state index >= 15 is 0 Å². The van der Waals surface area contributed by atoms with Gasteiger partial charge in [-0.25, -0.2) is 0 Å². The van der Waals surface area contributed by atoms with E-state index in [0.29, 0.717) is 29.9 Å². The van der Waals surface area contributed by atoms with E-state index in [2.05, 4.69) is 39.9 Å². The molecule has 4 rings (SSSR count). The molecule has 3 aromatic rings. The maximum absolute atomic E-state index is 12.8. The van der Waals surface area contributed by atoms with Crippen molar-refractivity contribution in [1.29, 1.82) is 5.26 Å². The van der Waals surface area contributed by atoms with Crippen LogP contribution in [-0.4, -0.2) is 53.9 Å². The summed E-state index contributed by atoms with van der Waals surface area (Å²) >= 11 is 0. The van der Waals surface area contributed by atoms with E-state index in [1.54, 1.807) is 12.3 Å². The van der Waals surface area contributed by atoms with Gasteiger partial charge < -0.3 is 16.4 Å². The van der Waals surface area contributed by atoms with E-state index in [9.17, 15) is 10.1 Å². The van der Waals surface area contributed by atoms with Crippen LogP contribution in [0.15, 0.2) is 73.1 Å². The van der Waals surface area contributed by atoms with Crippen molar-refractivity contribution < 1.29 is 4.79 Å². The van der Waals surface area contributed by atoms with E-state index in [1.807, 2.05) is 41.3 Å². The zero-order valence-electron chi connectivity index (χ0n) is 18.2. The smallest absolute Gasteiger partial charge is 0.255 e. The van der Waals surface area contributed by atoms with Crippen LogP contribution in [0, 0.1) is 11.3 Å². The maximum Gasteiger partial charge on any atom is 0.255 e. The summed E-state index contributed by atoms with van der Waals surface area (Å²) in [5.41, 5.74) is 14.2. The van der Waals surface area contributed by atoms with Crippen molar-refractivity contribution in [1.82, 2.24) is 14.8 Å². The number of aromatic nitrogens is 1. The molecule has 7 nitrogen and oxygen atoms in total. The molecule has 164 valence electrons. The van der Waals surface area contributed by atoms with Crippen molar-refractivity contribution >= 4 is 11.6 Å². The molecule has 0 radical (unpaired) electrons. The first-order valence-corrected chi connectivity index (χ1v) is 10.5. The summed E-state index contributed by atoms with van der Waals surface area (Å²) in [6.07, 6.45) is 3.10. The van der Waals surface area contributed by atoms with Crippen LogP contribution in [0.4, 0.5) is 5.69 Å². The van der Waals surface area contributed by atoms with Crippen molar-refractivity contribution in [2.45, 2.75) is 6.04 Å². The minimum absolute atomic E-state index is 0.0331. The third-order valence-electron chi connectivity index (χ3n) is 5.42. The predicted molar refractivity (Wildman–Crippen MR) is 126 cm³/mol. The second kappa shape index (κ2) is 11.0. The van der Waals surface area contributed by atoms with Crippen LogP contribution >= 0.6 is 0 Å². The average Bonchev–Trinajstić information content (AvgIpc) is 2.86. The van der Waals surface area contributed by atoms with Gasteiger partial charge in [0.2, 0.25) is 0 Å². The first kappa shape index (κ1) is 22.9. The molecule has 4 N–H and O–H groups in total. The van der Waals surface area contributed by atoms with Crippen molar-refractivity contribution in [2.75, 3.05) is 39.0 Å². The van der Waals surface area contributed by atoms with Crippen molar-refractivity contribution in [3.05, 3.63) is 95.3 Å². The van der Waals surface area contributed by atoms with Gasteiger partial charge in [0.1, 0.15) is 0 Å². The Hall–Kier alpha value is -3.73. The first-order valence-electron chi connectivity index (χ1n) is 10.5. The van der Waals surface area contributed by atoms with Crippen LogP contribution in [0.1, 0.15) is 33.1 Å². The van der Waals surface area contributed by atoms with Crippen molar-refractivity contribution in [3.8, 4) is 6.07 Å². The molecule has 1 aliphatic heterocycles. The quantitative estimate of drug-likeness (QED) is 0.661. The molecular weight excluding hydrogens is 400 g/mol. The van der Waals surface area contributed by atoms with E-state index in [1.165, 1.54) is 18.8 Å². The summed E-state index contributed by atoms with van der Waals surface area (Å²) in [6, 6.07) is 22.0. The molecule has 1 atom stereocenters. The molecule has 1 amide bonds. The molecule has 0 saturated carbocycles. The number of nitrogens with two attached hydrogens (primary N) is 2. The predicted octanol–water partition coefficient (Wildman–Crippen LogP) is 2.66. The Morgan fingerprint density at radius 2 is 1.66 bits per heavy atom. The monoisotopic (exact) mass is 428 g/mol. The van der Waals surface area contributed by atoms with Crippen LogP contribution in [0.2, 0.25) is 0 Å². The highest BCUT2D eigenvalue weighted by atomic mass is 16.2. The number of nitriles is 1. The normalized spacial score (nSPS) is 14.6. The number of hydrogen-bond donors (Lipinski definition) is 2. The Labute approximate surface area is 188 Å². The van der Waals surface area contributed by atoms with Gasteiger partial charge in [0.05, 0.1) is 28.9 Å². The number of amides is 1. The van der Waals surface area contributed by atoms with Crippen molar-refractivity contribution in [3.63, 3.8) is 0 Å². The van der Waals surface area contributed by atoms with Gasteiger partial charge in [-0.2, -0.15) is 5.26 Å². The molecule has 1 saturated heterocycles. The van der Waals surface area contributed by atoms with Crippen molar-refractivity contribution in [2.24, 2.45) is 5.73 Å². The average molecular weight is 429 g/mol.